The van der Waals surface area contributed by atoms with E-state index in [9.17, 15) is 4.39 Å². The van der Waals surface area contributed by atoms with E-state index in [1.165, 1.54) is 6.07 Å². The topological polar surface area (TPSA) is 24.9 Å². The van der Waals surface area contributed by atoms with Crippen LogP contribution >= 0.6 is 11.3 Å². The van der Waals surface area contributed by atoms with E-state index in [2.05, 4.69) is 22.6 Å². The summed E-state index contributed by atoms with van der Waals surface area (Å²) in [7, 11) is 0. The van der Waals surface area contributed by atoms with Gasteiger partial charge in [0.2, 0.25) is 0 Å². The number of benzene rings is 1. The lowest BCUT2D eigenvalue weighted by Crippen LogP contribution is -2.22. The molecule has 0 aliphatic heterocycles. The van der Waals surface area contributed by atoms with E-state index < -0.39 is 0 Å². The Balaban J connectivity index is 2.13. The number of thiazole rings is 1. The molecule has 18 heavy (non-hydrogen) atoms. The van der Waals surface area contributed by atoms with E-state index in [1.807, 2.05) is 11.6 Å². The summed E-state index contributed by atoms with van der Waals surface area (Å²) in [6.07, 6.45) is 0.847. The SMILES string of the molecule is CCNCC(Cc1cscn1)c1cccc(F)c1. The highest BCUT2D eigenvalue weighted by molar-refractivity contribution is 7.07. The van der Waals surface area contributed by atoms with E-state index in [0.717, 1.165) is 30.8 Å². The predicted octanol–water partition coefficient (Wildman–Crippen LogP) is 3.22. The minimum atomic E-state index is -0.174. The smallest absolute Gasteiger partial charge is 0.123 e. The molecule has 0 bridgehead atoms. The molecule has 0 fully saturated rings. The van der Waals surface area contributed by atoms with Gasteiger partial charge in [0.1, 0.15) is 5.82 Å². The Kier molecular flexibility index (Phi) is 4.84. The van der Waals surface area contributed by atoms with Crippen molar-refractivity contribution in [3.8, 4) is 0 Å². The molecule has 4 heteroatoms. The number of halogens is 1. The molecule has 2 rings (SSSR count). The first-order chi connectivity index (χ1) is 8.79. The van der Waals surface area contributed by atoms with Crippen molar-refractivity contribution in [1.29, 1.82) is 0 Å². The van der Waals surface area contributed by atoms with Crippen LogP contribution in [-0.2, 0) is 6.42 Å². The van der Waals surface area contributed by atoms with Crippen LogP contribution in [-0.4, -0.2) is 18.1 Å². The molecular weight excluding hydrogens is 247 g/mol. The van der Waals surface area contributed by atoms with Crippen LogP contribution in [0.1, 0.15) is 24.1 Å². The van der Waals surface area contributed by atoms with Gasteiger partial charge in [-0.3, -0.25) is 0 Å². The van der Waals surface area contributed by atoms with E-state index in [1.54, 1.807) is 23.5 Å². The van der Waals surface area contributed by atoms with Gasteiger partial charge in [-0.25, -0.2) is 9.37 Å². The van der Waals surface area contributed by atoms with Crippen LogP contribution in [0.25, 0.3) is 0 Å². The van der Waals surface area contributed by atoms with Gasteiger partial charge in [-0.2, -0.15) is 0 Å². The lowest BCUT2D eigenvalue weighted by Gasteiger charge is -2.17. The number of nitrogens with zero attached hydrogens (tertiary/aromatic N) is 1. The summed E-state index contributed by atoms with van der Waals surface area (Å²) in [5.41, 5.74) is 3.95. The molecule has 0 spiro atoms. The number of nitrogens with one attached hydrogen (secondary N) is 1. The van der Waals surface area contributed by atoms with Crippen LogP contribution in [0.4, 0.5) is 4.39 Å². The van der Waals surface area contributed by atoms with Crippen molar-refractivity contribution in [3.05, 3.63) is 52.2 Å². The Morgan fingerprint density at radius 1 is 1.44 bits per heavy atom. The van der Waals surface area contributed by atoms with Crippen LogP contribution < -0.4 is 5.32 Å². The van der Waals surface area contributed by atoms with Crippen molar-refractivity contribution in [2.45, 2.75) is 19.3 Å². The third-order valence-electron chi connectivity index (χ3n) is 2.90. The van der Waals surface area contributed by atoms with Gasteiger partial charge in [0, 0.05) is 17.8 Å². The summed E-state index contributed by atoms with van der Waals surface area (Å²) in [4.78, 5) is 4.31. The first-order valence-electron chi connectivity index (χ1n) is 6.13. The van der Waals surface area contributed by atoms with Crippen molar-refractivity contribution >= 4 is 11.3 Å². The molecular formula is C14H17FN2S. The maximum atomic E-state index is 13.3. The van der Waals surface area contributed by atoms with Crippen LogP contribution in [0, 0.1) is 5.82 Å². The van der Waals surface area contributed by atoms with Crippen molar-refractivity contribution in [3.63, 3.8) is 0 Å². The lowest BCUT2D eigenvalue weighted by molar-refractivity contribution is 0.579. The van der Waals surface area contributed by atoms with E-state index in [-0.39, 0.29) is 11.7 Å². The van der Waals surface area contributed by atoms with Crippen molar-refractivity contribution in [2.75, 3.05) is 13.1 Å². The molecule has 1 aromatic carbocycles. The third kappa shape index (κ3) is 3.62. The summed E-state index contributed by atoms with van der Waals surface area (Å²) < 4.78 is 13.3. The van der Waals surface area contributed by atoms with Crippen molar-refractivity contribution in [1.82, 2.24) is 10.3 Å². The fourth-order valence-electron chi connectivity index (χ4n) is 1.98. The van der Waals surface area contributed by atoms with Gasteiger partial charge in [-0.15, -0.1) is 11.3 Å². The third-order valence-corrected chi connectivity index (χ3v) is 3.54. The van der Waals surface area contributed by atoms with E-state index >= 15 is 0 Å². The largest absolute Gasteiger partial charge is 0.316 e. The Morgan fingerprint density at radius 2 is 2.33 bits per heavy atom. The summed E-state index contributed by atoms with van der Waals surface area (Å²) >= 11 is 1.60. The second-order valence-corrected chi connectivity index (χ2v) is 4.96. The maximum absolute atomic E-state index is 13.3. The first kappa shape index (κ1) is 13.2. The molecule has 0 saturated heterocycles. The Labute approximate surface area is 111 Å². The molecule has 1 unspecified atom stereocenters. The second-order valence-electron chi connectivity index (χ2n) is 4.24. The Hall–Kier alpha value is -1.26. The molecule has 1 heterocycles. The molecule has 1 atom stereocenters. The van der Waals surface area contributed by atoms with Gasteiger partial charge in [0.15, 0.2) is 0 Å². The van der Waals surface area contributed by atoms with Gasteiger partial charge in [-0.05, 0) is 30.7 Å². The lowest BCUT2D eigenvalue weighted by atomic mass is 9.94. The van der Waals surface area contributed by atoms with Crippen molar-refractivity contribution < 1.29 is 4.39 Å². The molecule has 0 aliphatic rings. The Morgan fingerprint density at radius 3 is 3.00 bits per heavy atom. The summed E-state index contributed by atoms with van der Waals surface area (Å²) in [5, 5.41) is 5.39. The Bertz CT molecular complexity index is 470. The molecule has 0 aliphatic carbocycles. The first-order valence-corrected chi connectivity index (χ1v) is 7.07. The second kappa shape index (κ2) is 6.61. The molecule has 1 N–H and O–H groups in total. The standard InChI is InChI=1S/C14H17FN2S/c1-2-16-8-12(7-14-9-18-10-17-14)11-4-3-5-13(15)6-11/h3-6,9-10,12,16H,2,7-8H2,1H3. The number of likely N-dealkylation sites (N-methyl/N-ethyl adjacent to an activating group) is 1. The highest BCUT2D eigenvalue weighted by Crippen LogP contribution is 2.21. The highest BCUT2D eigenvalue weighted by Gasteiger charge is 2.13. The van der Waals surface area contributed by atoms with Crippen LogP contribution in [0.5, 0.6) is 0 Å². The zero-order valence-electron chi connectivity index (χ0n) is 10.4. The molecule has 96 valence electrons. The minimum Gasteiger partial charge on any atom is -0.316 e. The van der Waals surface area contributed by atoms with E-state index in [0.29, 0.717) is 0 Å². The van der Waals surface area contributed by atoms with Crippen molar-refractivity contribution in [2.24, 2.45) is 0 Å². The van der Waals surface area contributed by atoms with Gasteiger partial charge < -0.3 is 5.32 Å². The molecule has 0 saturated carbocycles. The zero-order valence-corrected chi connectivity index (χ0v) is 11.2. The van der Waals surface area contributed by atoms with Gasteiger partial charge in [0.05, 0.1) is 11.2 Å². The summed E-state index contributed by atoms with van der Waals surface area (Å²) in [6, 6.07) is 6.85. The molecule has 0 amide bonds. The molecule has 0 radical (unpaired) electrons. The molecule has 2 nitrogen and oxygen atoms in total. The molecule has 2 aromatic rings. The van der Waals surface area contributed by atoms with Gasteiger partial charge in [-0.1, -0.05) is 19.1 Å². The quantitative estimate of drug-likeness (QED) is 0.866. The monoisotopic (exact) mass is 264 g/mol. The van der Waals surface area contributed by atoms with Crippen LogP contribution in [0.3, 0.4) is 0 Å². The normalized spacial score (nSPS) is 12.6. The van der Waals surface area contributed by atoms with E-state index in [4.69, 9.17) is 0 Å². The van der Waals surface area contributed by atoms with Gasteiger partial charge >= 0.3 is 0 Å². The fourth-order valence-corrected chi connectivity index (χ4v) is 2.55. The van der Waals surface area contributed by atoms with Crippen LogP contribution in [0.15, 0.2) is 35.2 Å². The maximum Gasteiger partial charge on any atom is 0.123 e. The fraction of sp³-hybridized carbons (Fsp3) is 0.357. The number of rotatable bonds is 6. The minimum absolute atomic E-state index is 0.174. The summed E-state index contributed by atoms with van der Waals surface area (Å²) in [5.74, 6) is 0.0926. The number of hydrogen-bond donors (Lipinski definition) is 1. The average molecular weight is 264 g/mol. The molecule has 1 aromatic heterocycles. The van der Waals surface area contributed by atoms with Crippen LogP contribution in [0.2, 0.25) is 0 Å². The van der Waals surface area contributed by atoms with Gasteiger partial charge in [0.25, 0.3) is 0 Å². The predicted molar refractivity (Wildman–Crippen MR) is 73.5 cm³/mol. The summed E-state index contributed by atoms with van der Waals surface area (Å²) in [6.45, 7) is 3.84. The average Bonchev–Trinajstić information content (AvgIpc) is 2.87. The highest BCUT2D eigenvalue weighted by atomic mass is 32.1. The number of aromatic nitrogens is 1. The zero-order chi connectivity index (χ0) is 12.8. The number of hydrogen-bond acceptors (Lipinski definition) is 3.